The van der Waals surface area contributed by atoms with Gasteiger partial charge in [-0.3, -0.25) is 0 Å². The fourth-order valence-electron chi connectivity index (χ4n) is 1.25. The first-order valence-electron chi connectivity index (χ1n) is 4.79. The smallest absolute Gasteiger partial charge is 0.216 e. The van der Waals surface area contributed by atoms with E-state index in [1.54, 1.807) is 0 Å². The summed E-state index contributed by atoms with van der Waals surface area (Å²) in [6.07, 6.45) is 0.976. The number of aromatic nitrogens is 1. The molecule has 0 aliphatic rings. The van der Waals surface area contributed by atoms with E-state index in [9.17, 15) is 0 Å². The van der Waals surface area contributed by atoms with Crippen LogP contribution in [0.25, 0.3) is 0 Å². The van der Waals surface area contributed by atoms with Crippen molar-refractivity contribution in [3.05, 3.63) is 22.9 Å². The van der Waals surface area contributed by atoms with Gasteiger partial charge in [0, 0.05) is 11.3 Å². The van der Waals surface area contributed by atoms with E-state index >= 15 is 0 Å². The van der Waals surface area contributed by atoms with Gasteiger partial charge in [0.25, 0.3) is 0 Å². The van der Waals surface area contributed by atoms with Gasteiger partial charge in [0.15, 0.2) is 0 Å². The fraction of sp³-hybridized carbons (Fsp3) is 0.545. The highest BCUT2D eigenvalue weighted by Gasteiger charge is 2.05. The maximum atomic E-state index is 5.45. The average molecular weight is 179 g/mol. The highest BCUT2D eigenvalue weighted by atomic mass is 16.5. The molecule has 13 heavy (non-hydrogen) atoms. The Morgan fingerprint density at radius 1 is 1.31 bits per heavy atom. The summed E-state index contributed by atoms with van der Waals surface area (Å²) in [5.41, 5.74) is 3.49. The molecule has 0 aliphatic carbocycles. The van der Waals surface area contributed by atoms with Crippen molar-refractivity contribution in [2.75, 3.05) is 6.61 Å². The lowest BCUT2D eigenvalue weighted by Gasteiger charge is -2.10. The quantitative estimate of drug-likeness (QED) is 0.711. The second-order valence-corrected chi connectivity index (χ2v) is 3.14. The number of ether oxygens (including phenoxy) is 1. The third-order valence-electron chi connectivity index (χ3n) is 2.17. The van der Waals surface area contributed by atoms with Gasteiger partial charge >= 0.3 is 0 Å². The molecule has 1 rings (SSSR count). The third kappa shape index (κ3) is 2.20. The Morgan fingerprint density at radius 2 is 2.00 bits per heavy atom. The minimum atomic E-state index is 0.683. The molecule has 1 aromatic rings. The van der Waals surface area contributed by atoms with E-state index in [2.05, 4.69) is 24.9 Å². The average Bonchev–Trinajstić information content (AvgIpc) is 2.11. The second-order valence-electron chi connectivity index (χ2n) is 3.14. The first-order chi connectivity index (χ1) is 6.19. The van der Waals surface area contributed by atoms with E-state index in [0.717, 1.165) is 18.0 Å². The van der Waals surface area contributed by atoms with E-state index < -0.39 is 0 Å². The van der Waals surface area contributed by atoms with Crippen LogP contribution in [-0.4, -0.2) is 11.6 Å². The largest absolute Gasteiger partial charge is 0.478 e. The predicted octanol–water partition coefficient (Wildman–Crippen LogP) is 2.66. The Bertz CT molecular complexity index is 294. The van der Waals surface area contributed by atoms with Gasteiger partial charge in [0.2, 0.25) is 5.88 Å². The lowest BCUT2D eigenvalue weighted by molar-refractivity contribution is 0.322. The van der Waals surface area contributed by atoms with Gasteiger partial charge in [0.1, 0.15) is 0 Å². The summed E-state index contributed by atoms with van der Waals surface area (Å²) in [7, 11) is 0. The standard InChI is InChI=1S/C11H17NO/c1-5-10-7-8(3)9(4)12-11(10)13-6-2/h7H,5-6H2,1-4H3. The van der Waals surface area contributed by atoms with Crippen LogP contribution < -0.4 is 4.74 Å². The molecule has 0 bridgehead atoms. The van der Waals surface area contributed by atoms with E-state index in [1.165, 1.54) is 11.1 Å². The summed E-state index contributed by atoms with van der Waals surface area (Å²) < 4.78 is 5.45. The molecule has 0 saturated carbocycles. The van der Waals surface area contributed by atoms with Crippen LogP contribution in [0.4, 0.5) is 0 Å². The van der Waals surface area contributed by atoms with Crippen molar-refractivity contribution in [1.29, 1.82) is 0 Å². The van der Waals surface area contributed by atoms with Crippen molar-refractivity contribution in [2.45, 2.75) is 34.1 Å². The number of rotatable bonds is 3. The van der Waals surface area contributed by atoms with Crippen molar-refractivity contribution in [3.8, 4) is 5.88 Å². The summed E-state index contributed by atoms with van der Waals surface area (Å²) in [6, 6.07) is 2.16. The second kappa shape index (κ2) is 4.26. The van der Waals surface area contributed by atoms with Crippen LogP contribution in [0, 0.1) is 13.8 Å². The van der Waals surface area contributed by atoms with Crippen LogP contribution >= 0.6 is 0 Å². The normalized spacial score (nSPS) is 10.2. The molecule has 0 unspecified atom stereocenters. The summed E-state index contributed by atoms with van der Waals surface area (Å²) in [4.78, 5) is 4.41. The highest BCUT2D eigenvalue weighted by molar-refractivity contribution is 5.33. The van der Waals surface area contributed by atoms with E-state index in [0.29, 0.717) is 6.61 Å². The van der Waals surface area contributed by atoms with Crippen LogP contribution in [0.15, 0.2) is 6.07 Å². The van der Waals surface area contributed by atoms with Crippen molar-refractivity contribution in [3.63, 3.8) is 0 Å². The van der Waals surface area contributed by atoms with E-state index in [4.69, 9.17) is 4.74 Å². The molecule has 1 heterocycles. The Balaban J connectivity index is 3.09. The first-order valence-corrected chi connectivity index (χ1v) is 4.79. The van der Waals surface area contributed by atoms with Crippen LogP contribution in [0.2, 0.25) is 0 Å². The van der Waals surface area contributed by atoms with Gasteiger partial charge in [-0.1, -0.05) is 6.92 Å². The molecule has 0 aromatic carbocycles. The van der Waals surface area contributed by atoms with Crippen LogP contribution in [0.3, 0.4) is 0 Å². The highest BCUT2D eigenvalue weighted by Crippen LogP contribution is 2.19. The number of hydrogen-bond donors (Lipinski definition) is 0. The Morgan fingerprint density at radius 3 is 2.54 bits per heavy atom. The monoisotopic (exact) mass is 179 g/mol. The lowest BCUT2D eigenvalue weighted by Crippen LogP contribution is -2.01. The van der Waals surface area contributed by atoms with Crippen LogP contribution in [0.5, 0.6) is 5.88 Å². The molecule has 2 nitrogen and oxygen atoms in total. The molecule has 0 fully saturated rings. The van der Waals surface area contributed by atoms with Crippen molar-refractivity contribution >= 4 is 0 Å². The van der Waals surface area contributed by atoms with E-state index in [-0.39, 0.29) is 0 Å². The minimum Gasteiger partial charge on any atom is -0.478 e. The van der Waals surface area contributed by atoms with Crippen molar-refractivity contribution < 1.29 is 4.74 Å². The molecule has 0 radical (unpaired) electrons. The zero-order valence-electron chi connectivity index (χ0n) is 8.85. The van der Waals surface area contributed by atoms with Gasteiger partial charge in [0.05, 0.1) is 6.61 Å². The van der Waals surface area contributed by atoms with Gasteiger partial charge in [-0.05, 0) is 38.8 Å². The molecule has 0 atom stereocenters. The maximum Gasteiger partial charge on any atom is 0.216 e. The number of nitrogens with zero attached hydrogens (tertiary/aromatic N) is 1. The molecule has 0 amide bonds. The Labute approximate surface area is 80.0 Å². The molecular weight excluding hydrogens is 162 g/mol. The lowest BCUT2D eigenvalue weighted by atomic mass is 10.1. The van der Waals surface area contributed by atoms with Crippen molar-refractivity contribution in [1.82, 2.24) is 4.98 Å². The molecular formula is C11H17NO. The van der Waals surface area contributed by atoms with Crippen LogP contribution in [0.1, 0.15) is 30.7 Å². The molecule has 1 aromatic heterocycles. The SMILES string of the molecule is CCOc1nc(C)c(C)cc1CC. The first kappa shape index (κ1) is 10.0. The Kier molecular flexibility index (Phi) is 3.29. The topological polar surface area (TPSA) is 22.1 Å². The molecule has 2 heteroatoms. The Hall–Kier alpha value is -1.05. The summed E-state index contributed by atoms with van der Waals surface area (Å²) in [5.74, 6) is 0.799. The molecule has 0 N–H and O–H groups in total. The van der Waals surface area contributed by atoms with Crippen molar-refractivity contribution in [2.24, 2.45) is 0 Å². The molecule has 0 saturated heterocycles. The fourth-order valence-corrected chi connectivity index (χ4v) is 1.25. The minimum absolute atomic E-state index is 0.683. The third-order valence-corrected chi connectivity index (χ3v) is 2.17. The zero-order valence-corrected chi connectivity index (χ0v) is 8.85. The maximum absolute atomic E-state index is 5.45. The van der Waals surface area contributed by atoms with Gasteiger partial charge < -0.3 is 4.74 Å². The number of hydrogen-bond acceptors (Lipinski definition) is 2. The number of aryl methyl sites for hydroxylation is 3. The molecule has 0 spiro atoms. The summed E-state index contributed by atoms with van der Waals surface area (Å²) in [6.45, 7) is 8.88. The zero-order chi connectivity index (χ0) is 9.84. The van der Waals surface area contributed by atoms with Gasteiger partial charge in [-0.15, -0.1) is 0 Å². The number of pyridine rings is 1. The van der Waals surface area contributed by atoms with Crippen LogP contribution in [-0.2, 0) is 6.42 Å². The summed E-state index contributed by atoms with van der Waals surface area (Å²) >= 11 is 0. The predicted molar refractivity (Wildman–Crippen MR) is 54.3 cm³/mol. The van der Waals surface area contributed by atoms with Gasteiger partial charge in [-0.2, -0.15) is 0 Å². The molecule has 0 aliphatic heterocycles. The van der Waals surface area contributed by atoms with Gasteiger partial charge in [-0.25, -0.2) is 4.98 Å². The molecule has 72 valence electrons. The van der Waals surface area contributed by atoms with E-state index in [1.807, 2.05) is 13.8 Å². The summed E-state index contributed by atoms with van der Waals surface area (Å²) in [5, 5.41) is 0.